The summed E-state index contributed by atoms with van der Waals surface area (Å²) in [6, 6.07) is 21.1. The SMILES string of the molecule is CN=C(NCCOc1ccccc1)NC1CCN(Cc2ccccc2)CC1.I. The van der Waals surface area contributed by atoms with Crippen LogP contribution in [0.1, 0.15) is 18.4 Å². The molecule has 0 spiro atoms. The van der Waals surface area contributed by atoms with Crippen molar-refractivity contribution in [2.45, 2.75) is 25.4 Å². The van der Waals surface area contributed by atoms with Gasteiger partial charge in [0.2, 0.25) is 0 Å². The fourth-order valence-corrected chi connectivity index (χ4v) is 3.32. The summed E-state index contributed by atoms with van der Waals surface area (Å²) < 4.78 is 5.71. The largest absolute Gasteiger partial charge is 0.492 e. The van der Waals surface area contributed by atoms with E-state index < -0.39 is 0 Å². The van der Waals surface area contributed by atoms with Crippen molar-refractivity contribution in [2.24, 2.45) is 4.99 Å². The van der Waals surface area contributed by atoms with E-state index in [9.17, 15) is 0 Å². The molecule has 2 N–H and O–H groups in total. The average molecular weight is 494 g/mol. The second-order valence-corrected chi connectivity index (χ2v) is 6.84. The lowest BCUT2D eigenvalue weighted by Gasteiger charge is -2.33. The minimum atomic E-state index is 0. The molecule has 6 heteroatoms. The molecule has 0 saturated carbocycles. The topological polar surface area (TPSA) is 48.9 Å². The molecule has 28 heavy (non-hydrogen) atoms. The molecule has 1 saturated heterocycles. The molecule has 0 aliphatic carbocycles. The second-order valence-electron chi connectivity index (χ2n) is 6.84. The molecular weight excluding hydrogens is 463 g/mol. The summed E-state index contributed by atoms with van der Waals surface area (Å²) in [5, 5.41) is 6.88. The number of benzene rings is 2. The van der Waals surface area contributed by atoms with Crippen molar-refractivity contribution in [3.05, 3.63) is 66.2 Å². The number of halogens is 1. The highest BCUT2D eigenvalue weighted by atomic mass is 127. The molecule has 0 aromatic heterocycles. The van der Waals surface area contributed by atoms with E-state index in [1.54, 1.807) is 0 Å². The molecule has 5 nitrogen and oxygen atoms in total. The monoisotopic (exact) mass is 494 g/mol. The molecule has 1 aliphatic rings. The Bertz CT molecular complexity index is 688. The van der Waals surface area contributed by atoms with Gasteiger partial charge in [0, 0.05) is 32.7 Å². The number of hydrogen-bond acceptors (Lipinski definition) is 3. The van der Waals surface area contributed by atoms with Crippen molar-refractivity contribution in [2.75, 3.05) is 33.3 Å². The van der Waals surface area contributed by atoms with E-state index in [0.717, 1.165) is 50.7 Å². The van der Waals surface area contributed by atoms with Crippen LogP contribution in [0.2, 0.25) is 0 Å². The summed E-state index contributed by atoms with van der Waals surface area (Å²) in [7, 11) is 1.82. The zero-order chi connectivity index (χ0) is 18.7. The fourth-order valence-electron chi connectivity index (χ4n) is 3.32. The summed E-state index contributed by atoms with van der Waals surface area (Å²) in [4.78, 5) is 6.86. The standard InChI is InChI=1S/C22H30N4O.HI/c1-23-22(24-14-17-27-21-10-6-3-7-11-21)25-20-12-15-26(16-13-20)18-19-8-4-2-5-9-19;/h2-11,20H,12-18H2,1H3,(H2,23,24,25);1H. The van der Waals surface area contributed by atoms with Gasteiger partial charge in [-0.2, -0.15) is 0 Å². The van der Waals surface area contributed by atoms with Gasteiger partial charge in [0.05, 0.1) is 6.54 Å². The van der Waals surface area contributed by atoms with Crippen molar-refractivity contribution >= 4 is 29.9 Å². The molecule has 0 radical (unpaired) electrons. The Balaban J connectivity index is 0.00000280. The zero-order valence-electron chi connectivity index (χ0n) is 16.5. The molecule has 0 bridgehead atoms. The van der Waals surface area contributed by atoms with Crippen LogP contribution in [0.4, 0.5) is 0 Å². The Morgan fingerprint density at radius 1 is 1.04 bits per heavy atom. The van der Waals surface area contributed by atoms with Crippen LogP contribution >= 0.6 is 24.0 Å². The van der Waals surface area contributed by atoms with Crippen LogP contribution in [0.5, 0.6) is 5.75 Å². The lowest BCUT2D eigenvalue weighted by molar-refractivity contribution is 0.198. The third-order valence-corrected chi connectivity index (χ3v) is 4.81. The number of nitrogens with one attached hydrogen (secondary N) is 2. The lowest BCUT2D eigenvalue weighted by Crippen LogP contribution is -2.49. The van der Waals surface area contributed by atoms with Crippen LogP contribution in [0.3, 0.4) is 0 Å². The van der Waals surface area contributed by atoms with Crippen molar-refractivity contribution < 1.29 is 4.74 Å². The van der Waals surface area contributed by atoms with Gasteiger partial charge in [0.15, 0.2) is 5.96 Å². The number of piperidine rings is 1. The minimum absolute atomic E-state index is 0. The van der Waals surface area contributed by atoms with E-state index in [1.165, 1.54) is 5.56 Å². The van der Waals surface area contributed by atoms with E-state index in [-0.39, 0.29) is 24.0 Å². The molecule has 0 unspecified atom stereocenters. The Hall–Kier alpha value is -1.80. The molecule has 2 aromatic carbocycles. The molecule has 0 amide bonds. The lowest BCUT2D eigenvalue weighted by atomic mass is 10.0. The number of nitrogens with zero attached hydrogens (tertiary/aromatic N) is 2. The maximum absolute atomic E-state index is 5.71. The fraction of sp³-hybridized carbons (Fsp3) is 0.409. The third kappa shape index (κ3) is 7.67. The van der Waals surface area contributed by atoms with Gasteiger partial charge < -0.3 is 15.4 Å². The number of para-hydroxylation sites is 1. The van der Waals surface area contributed by atoms with Gasteiger partial charge in [-0.3, -0.25) is 9.89 Å². The Labute approximate surface area is 185 Å². The van der Waals surface area contributed by atoms with E-state index in [4.69, 9.17) is 4.74 Å². The van der Waals surface area contributed by atoms with Gasteiger partial charge in [0.1, 0.15) is 12.4 Å². The van der Waals surface area contributed by atoms with E-state index in [2.05, 4.69) is 50.9 Å². The average Bonchev–Trinajstić information content (AvgIpc) is 2.73. The third-order valence-electron chi connectivity index (χ3n) is 4.81. The van der Waals surface area contributed by atoms with Gasteiger partial charge in [-0.25, -0.2) is 0 Å². The van der Waals surface area contributed by atoms with Crippen molar-refractivity contribution in [3.8, 4) is 5.75 Å². The highest BCUT2D eigenvalue weighted by Crippen LogP contribution is 2.13. The molecule has 152 valence electrons. The number of guanidine groups is 1. The molecular formula is C22H31IN4O. The normalized spacial score (nSPS) is 15.5. The van der Waals surface area contributed by atoms with Gasteiger partial charge in [-0.05, 0) is 30.5 Å². The Morgan fingerprint density at radius 2 is 1.68 bits per heavy atom. The number of rotatable bonds is 7. The predicted octanol–water partition coefficient (Wildman–Crippen LogP) is 3.51. The first-order valence-corrected chi connectivity index (χ1v) is 9.75. The maximum atomic E-state index is 5.71. The molecule has 2 aromatic rings. The number of aliphatic imine (C=N–C) groups is 1. The molecule has 0 atom stereocenters. The van der Waals surface area contributed by atoms with Gasteiger partial charge in [-0.1, -0.05) is 48.5 Å². The van der Waals surface area contributed by atoms with E-state index in [0.29, 0.717) is 12.6 Å². The van der Waals surface area contributed by atoms with E-state index >= 15 is 0 Å². The minimum Gasteiger partial charge on any atom is -0.492 e. The van der Waals surface area contributed by atoms with Gasteiger partial charge in [-0.15, -0.1) is 24.0 Å². The van der Waals surface area contributed by atoms with Crippen LogP contribution in [0, 0.1) is 0 Å². The first kappa shape index (κ1) is 22.5. The van der Waals surface area contributed by atoms with E-state index in [1.807, 2.05) is 37.4 Å². The van der Waals surface area contributed by atoms with Gasteiger partial charge >= 0.3 is 0 Å². The highest BCUT2D eigenvalue weighted by molar-refractivity contribution is 14.0. The Kier molecular flexibility index (Phi) is 10.1. The van der Waals surface area contributed by atoms with Crippen molar-refractivity contribution in [1.82, 2.24) is 15.5 Å². The van der Waals surface area contributed by atoms with Crippen LogP contribution in [0.15, 0.2) is 65.7 Å². The zero-order valence-corrected chi connectivity index (χ0v) is 18.8. The van der Waals surface area contributed by atoms with Crippen LogP contribution in [-0.4, -0.2) is 50.2 Å². The van der Waals surface area contributed by atoms with Crippen LogP contribution < -0.4 is 15.4 Å². The van der Waals surface area contributed by atoms with Gasteiger partial charge in [0.25, 0.3) is 0 Å². The van der Waals surface area contributed by atoms with Crippen LogP contribution in [-0.2, 0) is 6.54 Å². The quantitative estimate of drug-likeness (QED) is 0.268. The summed E-state index contributed by atoms with van der Waals surface area (Å²) >= 11 is 0. The number of hydrogen-bond donors (Lipinski definition) is 2. The van der Waals surface area contributed by atoms with Crippen molar-refractivity contribution in [1.29, 1.82) is 0 Å². The highest BCUT2D eigenvalue weighted by Gasteiger charge is 2.19. The Morgan fingerprint density at radius 3 is 2.32 bits per heavy atom. The molecule has 1 fully saturated rings. The molecule has 1 heterocycles. The van der Waals surface area contributed by atoms with Crippen molar-refractivity contribution in [3.63, 3.8) is 0 Å². The summed E-state index contributed by atoms with van der Waals surface area (Å²) in [6.45, 7) is 4.60. The predicted molar refractivity (Wildman–Crippen MR) is 127 cm³/mol. The maximum Gasteiger partial charge on any atom is 0.191 e. The molecule has 3 rings (SSSR count). The first-order valence-electron chi connectivity index (χ1n) is 9.75. The smallest absolute Gasteiger partial charge is 0.191 e. The number of likely N-dealkylation sites (tertiary alicyclic amines) is 1. The summed E-state index contributed by atoms with van der Waals surface area (Å²) in [5.41, 5.74) is 1.39. The number of ether oxygens (including phenoxy) is 1. The van der Waals surface area contributed by atoms with Crippen LogP contribution in [0.25, 0.3) is 0 Å². The first-order chi connectivity index (χ1) is 13.3. The summed E-state index contributed by atoms with van der Waals surface area (Å²) in [5.74, 6) is 1.75. The molecule has 1 aliphatic heterocycles. The summed E-state index contributed by atoms with van der Waals surface area (Å²) in [6.07, 6.45) is 2.27. The second kappa shape index (κ2) is 12.6.